The lowest BCUT2D eigenvalue weighted by Crippen LogP contribution is -2.28. The predicted molar refractivity (Wildman–Crippen MR) is 97.2 cm³/mol. The van der Waals surface area contributed by atoms with Crippen LogP contribution in [-0.2, 0) is 4.79 Å². The number of carbonyl (C=O) groups is 1. The van der Waals surface area contributed by atoms with Gasteiger partial charge in [0.05, 0.1) is 28.0 Å². The number of amides is 1. The van der Waals surface area contributed by atoms with Crippen LogP contribution in [0.15, 0.2) is 30.3 Å². The Morgan fingerprint density at radius 3 is 2.71 bits per heavy atom. The molecule has 0 radical (unpaired) electrons. The summed E-state index contributed by atoms with van der Waals surface area (Å²) in [5, 5.41) is 8.44. The Bertz CT molecular complexity index is 834. The summed E-state index contributed by atoms with van der Waals surface area (Å²) in [5.74, 6) is 0.0156. The highest BCUT2D eigenvalue weighted by Gasteiger charge is 2.18. The third kappa shape index (κ3) is 3.48. The first-order chi connectivity index (χ1) is 11.4. The van der Waals surface area contributed by atoms with E-state index >= 15 is 0 Å². The molecule has 0 fully saturated rings. The Labute approximate surface area is 145 Å². The fourth-order valence-electron chi connectivity index (χ4n) is 2.88. The van der Waals surface area contributed by atoms with Gasteiger partial charge in [-0.3, -0.25) is 9.48 Å². The van der Waals surface area contributed by atoms with Gasteiger partial charge in [-0.2, -0.15) is 5.10 Å². The smallest absolute Gasteiger partial charge is 0.222 e. The van der Waals surface area contributed by atoms with Crippen molar-refractivity contribution in [1.82, 2.24) is 20.1 Å². The number of hydrogen-bond donors (Lipinski definition) is 1. The highest BCUT2D eigenvalue weighted by molar-refractivity contribution is 7.18. The fraction of sp³-hybridized carbons (Fsp3) is 0.389. The summed E-state index contributed by atoms with van der Waals surface area (Å²) in [6.45, 7) is 7.97. The zero-order valence-corrected chi connectivity index (χ0v) is 15.2. The summed E-state index contributed by atoms with van der Waals surface area (Å²) in [5.41, 5.74) is 3.03. The van der Waals surface area contributed by atoms with E-state index in [2.05, 4.69) is 21.5 Å². The fourth-order valence-corrected chi connectivity index (χ4v) is 3.85. The van der Waals surface area contributed by atoms with Crippen LogP contribution in [0.4, 0.5) is 0 Å². The minimum absolute atomic E-state index is 0.0156. The second-order valence-corrected chi connectivity index (χ2v) is 7.30. The molecule has 1 amide bonds. The molecule has 0 spiro atoms. The molecular formula is C18H22N4OS. The summed E-state index contributed by atoms with van der Waals surface area (Å²) in [6, 6.07) is 9.99. The van der Waals surface area contributed by atoms with E-state index in [4.69, 9.17) is 0 Å². The molecule has 0 saturated heterocycles. The molecule has 2 unspecified atom stereocenters. The van der Waals surface area contributed by atoms with Crippen molar-refractivity contribution in [3.05, 3.63) is 46.7 Å². The third-order valence-electron chi connectivity index (χ3n) is 4.00. The number of aromatic nitrogens is 3. The second kappa shape index (κ2) is 6.73. The van der Waals surface area contributed by atoms with Crippen LogP contribution in [0.3, 0.4) is 0 Å². The Balaban J connectivity index is 1.64. The molecule has 0 aliphatic heterocycles. The molecule has 2 heterocycles. The van der Waals surface area contributed by atoms with Crippen LogP contribution in [-0.4, -0.2) is 20.7 Å². The SMILES string of the molecule is Cc1cc(C)n(C(C)CC(=O)NC(C)c2nc3ccccc3s2)n1. The van der Waals surface area contributed by atoms with Crippen molar-refractivity contribution < 1.29 is 4.79 Å². The molecule has 0 aliphatic rings. The van der Waals surface area contributed by atoms with Gasteiger partial charge in [0.15, 0.2) is 0 Å². The van der Waals surface area contributed by atoms with Crippen molar-refractivity contribution in [1.29, 1.82) is 0 Å². The number of aryl methyl sites for hydroxylation is 2. The molecule has 1 aromatic carbocycles. The van der Waals surface area contributed by atoms with E-state index in [0.29, 0.717) is 6.42 Å². The molecule has 5 nitrogen and oxygen atoms in total. The van der Waals surface area contributed by atoms with Crippen LogP contribution in [0.2, 0.25) is 0 Å². The number of hydrogen-bond acceptors (Lipinski definition) is 4. The lowest BCUT2D eigenvalue weighted by atomic mass is 10.2. The van der Waals surface area contributed by atoms with Crippen molar-refractivity contribution >= 4 is 27.5 Å². The van der Waals surface area contributed by atoms with Crippen LogP contribution >= 0.6 is 11.3 Å². The topological polar surface area (TPSA) is 59.8 Å². The summed E-state index contributed by atoms with van der Waals surface area (Å²) in [7, 11) is 0. The maximum Gasteiger partial charge on any atom is 0.222 e. The molecule has 6 heteroatoms. The average molecular weight is 342 g/mol. The van der Waals surface area contributed by atoms with Gasteiger partial charge in [-0.05, 0) is 45.9 Å². The van der Waals surface area contributed by atoms with E-state index in [-0.39, 0.29) is 18.0 Å². The van der Waals surface area contributed by atoms with Gasteiger partial charge in [0.1, 0.15) is 5.01 Å². The zero-order chi connectivity index (χ0) is 17.3. The van der Waals surface area contributed by atoms with Gasteiger partial charge in [0.2, 0.25) is 5.91 Å². The number of benzene rings is 1. The van der Waals surface area contributed by atoms with Crippen molar-refractivity contribution in [2.24, 2.45) is 0 Å². The molecule has 2 aromatic heterocycles. The predicted octanol–water partition coefficient (Wildman–Crippen LogP) is 3.94. The van der Waals surface area contributed by atoms with Gasteiger partial charge in [0, 0.05) is 12.1 Å². The van der Waals surface area contributed by atoms with Gasteiger partial charge in [-0.15, -0.1) is 11.3 Å². The van der Waals surface area contributed by atoms with E-state index in [9.17, 15) is 4.79 Å². The minimum Gasteiger partial charge on any atom is -0.347 e. The third-order valence-corrected chi connectivity index (χ3v) is 5.22. The Morgan fingerprint density at radius 1 is 1.29 bits per heavy atom. The van der Waals surface area contributed by atoms with Crippen molar-refractivity contribution in [3.63, 3.8) is 0 Å². The lowest BCUT2D eigenvalue weighted by molar-refractivity contribution is -0.122. The molecule has 0 saturated carbocycles. The normalized spacial score (nSPS) is 13.8. The molecule has 3 rings (SSSR count). The van der Waals surface area contributed by atoms with E-state index in [1.165, 1.54) is 0 Å². The number of nitrogens with one attached hydrogen (secondary N) is 1. The Morgan fingerprint density at radius 2 is 2.04 bits per heavy atom. The van der Waals surface area contributed by atoms with Gasteiger partial charge in [-0.25, -0.2) is 4.98 Å². The number of nitrogens with zero attached hydrogens (tertiary/aromatic N) is 3. The van der Waals surface area contributed by atoms with Crippen LogP contribution < -0.4 is 5.32 Å². The molecule has 1 N–H and O–H groups in total. The van der Waals surface area contributed by atoms with Gasteiger partial charge >= 0.3 is 0 Å². The summed E-state index contributed by atoms with van der Waals surface area (Å²) < 4.78 is 3.06. The lowest BCUT2D eigenvalue weighted by Gasteiger charge is -2.16. The van der Waals surface area contributed by atoms with Crippen LogP contribution in [0.25, 0.3) is 10.2 Å². The molecule has 24 heavy (non-hydrogen) atoms. The van der Waals surface area contributed by atoms with Crippen molar-refractivity contribution in [2.45, 2.75) is 46.2 Å². The highest BCUT2D eigenvalue weighted by atomic mass is 32.1. The first-order valence-electron chi connectivity index (χ1n) is 8.11. The van der Waals surface area contributed by atoms with E-state index in [0.717, 1.165) is 26.6 Å². The van der Waals surface area contributed by atoms with Gasteiger partial charge < -0.3 is 5.32 Å². The van der Waals surface area contributed by atoms with Crippen LogP contribution in [0.5, 0.6) is 0 Å². The Kier molecular flexibility index (Phi) is 4.66. The number of thiazole rings is 1. The van der Waals surface area contributed by atoms with Crippen molar-refractivity contribution in [2.75, 3.05) is 0 Å². The summed E-state index contributed by atoms with van der Waals surface area (Å²) in [6.07, 6.45) is 0.400. The zero-order valence-electron chi connectivity index (χ0n) is 14.4. The van der Waals surface area contributed by atoms with Crippen molar-refractivity contribution in [3.8, 4) is 0 Å². The molecule has 126 valence electrons. The van der Waals surface area contributed by atoms with Crippen LogP contribution in [0, 0.1) is 13.8 Å². The first-order valence-corrected chi connectivity index (χ1v) is 8.93. The largest absolute Gasteiger partial charge is 0.347 e. The second-order valence-electron chi connectivity index (χ2n) is 6.23. The van der Waals surface area contributed by atoms with Gasteiger partial charge in [0.25, 0.3) is 0 Å². The van der Waals surface area contributed by atoms with Crippen LogP contribution in [0.1, 0.15) is 48.7 Å². The molecule has 0 aliphatic carbocycles. The number of fused-ring (bicyclic) bond motifs is 1. The van der Waals surface area contributed by atoms with E-state index < -0.39 is 0 Å². The maximum atomic E-state index is 12.4. The first kappa shape index (κ1) is 16.6. The highest BCUT2D eigenvalue weighted by Crippen LogP contribution is 2.26. The molecule has 3 aromatic rings. The molecule has 0 bridgehead atoms. The number of carbonyl (C=O) groups excluding carboxylic acids is 1. The Hall–Kier alpha value is -2.21. The summed E-state index contributed by atoms with van der Waals surface area (Å²) in [4.78, 5) is 17.0. The quantitative estimate of drug-likeness (QED) is 0.764. The average Bonchev–Trinajstić information content (AvgIpc) is 3.09. The van der Waals surface area contributed by atoms with E-state index in [1.807, 2.05) is 56.6 Å². The monoisotopic (exact) mass is 342 g/mol. The maximum absolute atomic E-state index is 12.4. The minimum atomic E-state index is -0.0949. The molecular weight excluding hydrogens is 320 g/mol. The van der Waals surface area contributed by atoms with Gasteiger partial charge in [-0.1, -0.05) is 12.1 Å². The standard InChI is InChI=1S/C18H22N4OS/c1-11-9-12(2)22(21-11)13(3)10-17(23)19-14(4)18-20-15-7-5-6-8-16(15)24-18/h5-9,13-14H,10H2,1-4H3,(H,19,23). The molecule has 2 atom stereocenters. The number of rotatable bonds is 5. The number of para-hydroxylation sites is 1. The summed E-state index contributed by atoms with van der Waals surface area (Å²) >= 11 is 1.63. The van der Waals surface area contributed by atoms with E-state index in [1.54, 1.807) is 11.3 Å².